The number of nitrogens with one attached hydrogen (secondary N) is 1. The highest BCUT2D eigenvalue weighted by molar-refractivity contribution is 7.88. The number of benzene rings is 2. The van der Waals surface area contributed by atoms with Gasteiger partial charge >= 0.3 is 0 Å². The van der Waals surface area contributed by atoms with Gasteiger partial charge in [0.15, 0.2) is 0 Å². The fraction of sp³-hybridized carbons (Fsp3) is 0.471. The second-order valence-corrected chi connectivity index (χ2v) is 16.5. The Morgan fingerprint density at radius 1 is 0.894 bits per heavy atom. The van der Waals surface area contributed by atoms with E-state index in [2.05, 4.69) is 23.5 Å². The third-order valence-electron chi connectivity index (χ3n) is 9.64. The fourth-order valence-electron chi connectivity index (χ4n) is 6.78. The summed E-state index contributed by atoms with van der Waals surface area (Å²) in [6.45, 7) is 7.04. The zero-order valence-electron chi connectivity index (χ0n) is 27.0. The van der Waals surface area contributed by atoms with Crippen LogP contribution >= 0.6 is 34.8 Å². The van der Waals surface area contributed by atoms with Crippen LogP contribution in [0.25, 0.3) is 16.9 Å². The van der Waals surface area contributed by atoms with Gasteiger partial charge in [-0.25, -0.2) is 13.1 Å². The smallest absolute Gasteiger partial charge is 0.255 e. The van der Waals surface area contributed by atoms with Crippen molar-refractivity contribution in [3.8, 4) is 16.9 Å². The Morgan fingerprint density at radius 2 is 1.51 bits per heavy atom. The number of aromatic nitrogens is 1. The predicted octanol–water partition coefficient (Wildman–Crippen LogP) is 6.17. The minimum Gasteiger partial charge on any atom is -0.368 e. The topological polar surface area (TPSA) is 118 Å². The van der Waals surface area contributed by atoms with E-state index in [1.807, 2.05) is 28.8 Å². The summed E-state index contributed by atoms with van der Waals surface area (Å²) in [4.78, 5) is 31.5. The molecule has 3 N–H and O–H groups in total. The van der Waals surface area contributed by atoms with Gasteiger partial charge < -0.3 is 15.2 Å². The van der Waals surface area contributed by atoms with Gasteiger partial charge in [-0.2, -0.15) is 0 Å². The zero-order valence-corrected chi connectivity index (χ0v) is 30.1. The molecule has 0 unspecified atom stereocenters. The molecule has 0 spiro atoms. The summed E-state index contributed by atoms with van der Waals surface area (Å²) in [6.07, 6.45) is 4.82. The largest absolute Gasteiger partial charge is 0.368 e. The van der Waals surface area contributed by atoms with E-state index in [1.54, 1.807) is 29.2 Å². The molecule has 1 aromatic heterocycles. The van der Waals surface area contributed by atoms with Crippen LogP contribution in [0, 0.1) is 5.41 Å². The van der Waals surface area contributed by atoms with Crippen molar-refractivity contribution >= 4 is 56.6 Å². The van der Waals surface area contributed by atoms with Gasteiger partial charge in [-0.05, 0) is 106 Å². The van der Waals surface area contributed by atoms with E-state index >= 15 is 0 Å². The van der Waals surface area contributed by atoms with Crippen LogP contribution in [-0.4, -0.2) is 79.1 Å². The van der Waals surface area contributed by atoms with Crippen molar-refractivity contribution in [3.05, 3.63) is 74.9 Å². The zero-order chi connectivity index (χ0) is 34.1. The number of halogens is 3. The lowest BCUT2D eigenvalue weighted by molar-refractivity contribution is -0.135. The molecule has 254 valence electrons. The maximum absolute atomic E-state index is 14.5. The van der Waals surface area contributed by atoms with Crippen molar-refractivity contribution in [1.82, 2.24) is 19.1 Å². The van der Waals surface area contributed by atoms with Gasteiger partial charge in [0, 0.05) is 46.6 Å². The van der Waals surface area contributed by atoms with Crippen LogP contribution in [0.3, 0.4) is 0 Å². The minimum absolute atomic E-state index is 0.173. The third kappa shape index (κ3) is 8.00. The molecule has 3 aromatic rings. The molecule has 0 atom stereocenters. The Morgan fingerprint density at radius 3 is 2.09 bits per heavy atom. The van der Waals surface area contributed by atoms with Gasteiger partial charge in [0.1, 0.15) is 5.54 Å². The Bertz CT molecular complexity index is 1740. The highest BCUT2D eigenvalue weighted by Crippen LogP contribution is 2.39. The molecule has 9 nitrogen and oxygen atoms in total. The number of hydrogen-bond donors (Lipinski definition) is 2. The monoisotopic (exact) mass is 721 g/mol. The van der Waals surface area contributed by atoms with E-state index in [-0.39, 0.29) is 23.8 Å². The Kier molecular flexibility index (Phi) is 10.7. The van der Waals surface area contributed by atoms with Crippen molar-refractivity contribution in [3.63, 3.8) is 0 Å². The van der Waals surface area contributed by atoms with Gasteiger partial charge in [0.05, 0.1) is 22.5 Å². The molecule has 13 heteroatoms. The van der Waals surface area contributed by atoms with Gasteiger partial charge in [0.2, 0.25) is 15.9 Å². The quantitative estimate of drug-likeness (QED) is 0.243. The van der Waals surface area contributed by atoms with E-state index in [1.165, 1.54) is 0 Å². The van der Waals surface area contributed by atoms with Crippen molar-refractivity contribution in [2.24, 2.45) is 11.1 Å². The summed E-state index contributed by atoms with van der Waals surface area (Å²) in [5.41, 5.74) is 8.83. The van der Waals surface area contributed by atoms with E-state index in [0.717, 1.165) is 37.9 Å². The van der Waals surface area contributed by atoms with Crippen LogP contribution in [0.15, 0.2) is 48.5 Å². The van der Waals surface area contributed by atoms with Crippen LogP contribution in [0.4, 0.5) is 0 Å². The molecule has 0 radical (unpaired) electrons. The molecule has 2 aromatic carbocycles. The number of piperidine rings is 2. The predicted molar refractivity (Wildman–Crippen MR) is 189 cm³/mol. The van der Waals surface area contributed by atoms with E-state index in [4.69, 9.17) is 40.5 Å². The van der Waals surface area contributed by atoms with Crippen LogP contribution < -0.4 is 10.5 Å². The summed E-state index contributed by atoms with van der Waals surface area (Å²) in [5, 5.41) is 1.46. The first kappa shape index (κ1) is 35.7. The van der Waals surface area contributed by atoms with Crippen LogP contribution in [0.2, 0.25) is 15.1 Å². The molecule has 47 heavy (non-hydrogen) atoms. The lowest BCUT2D eigenvalue weighted by Gasteiger charge is -2.50. The van der Waals surface area contributed by atoms with Gasteiger partial charge in [-0.15, -0.1) is 0 Å². The summed E-state index contributed by atoms with van der Waals surface area (Å²) in [7, 11) is -3.39. The number of hydrogen-bond acceptors (Lipinski definition) is 5. The lowest BCUT2D eigenvalue weighted by atomic mass is 9.78. The standard InChI is InChI=1S/C34H42Cl3N5O4S/c1-33(2)12-19-41(20-13-33)34(32(38)44)14-17-40(18-15-34)31(43)27-22-30(26-11-8-24(36)21-28(26)37)42(25-9-6-23(35)7-10-25)29(27)5-4-16-39-47(3,45)46/h6-11,21-22,39H,4-5,12-20H2,1-3H3,(H2,38,44). The molecular formula is C34H42Cl3N5O4S. The van der Waals surface area contributed by atoms with E-state index in [9.17, 15) is 18.0 Å². The van der Waals surface area contributed by atoms with Crippen molar-refractivity contribution in [2.75, 3.05) is 39.0 Å². The van der Waals surface area contributed by atoms with Crippen LogP contribution in [0.1, 0.15) is 62.0 Å². The first-order valence-corrected chi connectivity index (χ1v) is 18.9. The van der Waals surface area contributed by atoms with Crippen molar-refractivity contribution in [1.29, 1.82) is 0 Å². The van der Waals surface area contributed by atoms with E-state index in [0.29, 0.717) is 76.4 Å². The SMILES string of the molecule is CC1(C)CCN(C2(C(N)=O)CCN(C(=O)c3cc(-c4ccc(Cl)cc4Cl)n(-c4ccc(Cl)cc4)c3CCCNS(C)(=O)=O)CC2)CC1. The average Bonchev–Trinajstić information content (AvgIpc) is 3.37. The highest BCUT2D eigenvalue weighted by Gasteiger charge is 2.47. The summed E-state index contributed by atoms with van der Waals surface area (Å²) < 4.78 is 28.1. The second-order valence-electron chi connectivity index (χ2n) is 13.4. The third-order valence-corrected chi connectivity index (χ3v) is 11.2. The molecule has 2 saturated heterocycles. The number of rotatable bonds is 10. The molecule has 2 fully saturated rings. The average molecular weight is 723 g/mol. The number of carbonyl (C=O) groups is 2. The molecule has 0 bridgehead atoms. The number of amides is 2. The number of primary amides is 1. The van der Waals surface area contributed by atoms with Crippen LogP contribution in [0.5, 0.6) is 0 Å². The summed E-state index contributed by atoms with van der Waals surface area (Å²) in [5.74, 6) is -0.509. The number of sulfonamides is 1. The fourth-order valence-corrected chi connectivity index (χ4v) is 7.93. The molecular weight excluding hydrogens is 681 g/mol. The highest BCUT2D eigenvalue weighted by atomic mass is 35.5. The minimum atomic E-state index is -3.39. The molecule has 2 aliphatic heterocycles. The first-order chi connectivity index (χ1) is 22.1. The summed E-state index contributed by atoms with van der Waals surface area (Å²) in [6, 6.07) is 14.3. The molecule has 0 saturated carbocycles. The maximum atomic E-state index is 14.5. The second kappa shape index (κ2) is 14.1. The molecule has 0 aliphatic carbocycles. The Labute approximate surface area is 292 Å². The normalized spacial score (nSPS) is 18.3. The van der Waals surface area contributed by atoms with Gasteiger partial charge in [-0.3, -0.25) is 14.5 Å². The Hall–Kier alpha value is -2.60. The lowest BCUT2D eigenvalue weighted by Crippen LogP contribution is -2.64. The van der Waals surface area contributed by atoms with Gasteiger partial charge in [0.25, 0.3) is 5.91 Å². The summed E-state index contributed by atoms with van der Waals surface area (Å²) >= 11 is 19.2. The van der Waals surface area contributed by atoms with Crippen LogP contribution in [-0.2, 0) is 21.2 Å². The number of likely N-dealkylation sites (tertiary alicyclic amines) is 2. The Balaban J connectivity index is 1.53. The first-order valence-electron chi connectivity index (χ1n) is 15.9. The van der Waals surface area contributed by atoms with E-state index < -0.39 is 15.6 Å². The maximum Gasteiger partial charge on any atom is 0.255 e. The molecule has 2 aliphatic rings. The van der Waals surface area contributed by atoms with Crippen molar-refractivity contribution in [2.45, 2.75) is 57.9 Å². The number of carbonyl (C=O) groups excluding carboxylic acids is 2. The van der Waals surface area contributed by atoms with Gasteiger partial charge in [-0.1, -0.05) is 48.7 Å². The van der Waals surface area contributed by atoms with Crippen molar-refractivity contribution < 1.29 is 18.0 Å². The number of nitrogens with two attached hydrogens (primary N) is 1. The molecule has 2 amide bonds. The molecule has 3 heterocycles. The number of nitrogens with zero attached hydrogens (tertiary/aromatic N) is 3. The molecule has 5 rings (SSSR count).